The molecule has 1 unspecified atom stereocenters. The van der Waals surface area contributed by atoms with Gasteiger partial charge in [-0.1, -0.05) is 30.3 Å². The van der Waals surface area contributed by atoms with Gasteiger partial charge in [-0.3, -0.25) is 0 Å². The van der Waals surface area contributed by atoms with Crippen molar-refractivity contribution in [2.24, 2.45) is 0 Å². The highest BCUT2D eigenvalue weighted by Gasteiger charge is 2.12. The maximum absolute atomic E-state index is 8.36. The first-order valence-electron chi connectivity index (χ1n) is 5.52. The maximum atomic E-state index is 8.36. The van der Waals surface area contributed by atoms with Crippen molar-refractivity contribution in [1.82, 2.24) is 9.97 Å². The van der Waals surface area contributed by atoms with Crippen molar-refractivity contribution in [2.45, 2.75) is 12.5 Å². The first-order chi connectivity index (χ1) is 9.13. The lowest BCUT2D eigenvalue weighted by molar-refractivity contribution is -0.742. The predicted octanol–water partition coefficient (Wildman–Crippen LogP) is 1.99. The molecule has 102 valence electrons. The minimum Gasteiger partial charge on any atom is -0.373 e. The standard InChI is InChI=1S/C12H14N2O.HNO3/c1-15-11(12-13-7-8-14-12)9-10-5-3-2-4-6-10;2-1(3)4/h2-8,11H,9H2,1H3,(H,13,14);(H,2,3,4). The second-order valence-electron chi connectivity index (χ2n) is 3.63. The summed E-state index contributed by atoms with van der Waals surface area (Å²) in [5.74, 6) is 0.876. The molecule has 1 heterocycles. The van der Waals surface area contributed by atoms with E-state index < -0.39 is 5.09 Å². The fourth-order valence-corrected chi connectivity index (χ4v) is 1.57. The molecule has 0 bridgehead atoms. The minimum atomic E-state index is -1.50. The molecule has 0 radical (unpaired) electrons. The highest BCUT2D eigenvalue weighted by molar-refractivity contribution is 5.16. The van der Waals surface area contributed by atoms with Gasteiger partial charge in [-0.05, 0) is 5.56 Å². The van der Waals surface area contributed by atoms with E-state index in [-0.39, 0.29) is 6.10 Å². The van der Waals surface area contributed by atoms with Gasteiger partial charge in [0, 0.05) is 25.9 Å². The molecule has 0 aliphatic rings. The zero-order chi connectivity index (χ0) is 14.1. The molecule has 0 aliphatic carbocycles. The lowest BCUT2D eigenvalue weighted by Gasteiger charge is -2.12. The number of rotatable bonds is 4. The van der Waals surface area contributed by atoms with E-state index in [2.05, 4.69) is 22.1 Å². The Morgan fingerprint density at radius 1 is 1.47 bits per heavy atom. The molecule has 0 saturated carbocycles. The lowest BCUT2D eigenvalue weighted by Crippen LogP contribution is -2.07. The van der Waals surface area contributed by atoms with Gasteiger partial charge in [0.1, 0.15) is 11.9 Å². The lowest BCUT2D eigenvalue weighted by atomic mass is 10.1. The number of benzene rings is 1. The van der Waals surface area contributed by atoms with Crippen LogP contribution in [-0.2, 0) is 11.2 Å². The molecule has 0 aliphatic heterocycles. The van der Waals surface area contributed by atoms with E-state index in [0.717, 1.165) is 12.2 Å². The van der Waals surface area contributed by atoms with Crippen LogP contribution in [0.5, 0.6) is 0 Å². The maximum Gasteiger partial charge on any atom is 0.291 e. The Labute approximate surface area is 110 Å². The van der Waals surface area contributed by atoms with Crippen molar-refractivity contribution in [1.29, 1.82) is 0 Å². The third-order valence-electron chi connectivity index (χ3n) is 2.37. The van der Waals surface area contributed by atoms with Crippen LogP contribution in [0.25, 0.3) is 0 Å². The number of ether oxygens (including phenoxy) is 1. The van der Waals surface area contributed by atoms with Crippen LogP contribution in [0, 0.1) is 10.1 Å². The number of aromatic amines is 1. The quantitative estimate of drug-likeness (QED) is 0.650. The molecule has 2 aromatic rings. The minimum absolute atomic E-state index is 0.00222. The van der Waals surface area contributed by atoms with Crippen LogP contribution in [0.2, 0.25) is 0 Å². The van der Waals surface area contributed by atoms with Crippen molar-refractivity contribution in [2.75, 3.05) is 7.11 Å². The van der Waals surface area contributed by atoms with E-state index in [1.54, 1.807) is 13.3 Å². The van der Waals surface area contributed by atoms with Gasteiger partial charge >= 0.3 is 0 Å². The summed E-state index contributed by atoms with van der Waals surface area (Å²) < 4.78 is 5.40. The molecular weight excluding hydrogens is 250 g/mol. The average Bonchev–Trinajstić information content (AvgIpc) is 2.90. The topological polar surface area (TPSA) is 101 Å². The number of nitrogens with zero attached hydrogens (tertiary/aromatic N) is 2. The Morgan fingerprint density at radius 3 is 2.58 bits per heavy atom. The van der Waals surface area contributed by atoms with E-state index >= 15 is 0 Å². The van der Waals surface area contributed by atoms with E-state index in [4.69, 9.17) is 20.1 Å². The summed E-state index contributed by atoms with van der Waals surface area (Å²) >= 11 is 0. The number of H-pyrrole nitrogens is 1. The Hall–Kier alpha value is -2.41. The van der Waals surface area contributed by atoms with Crippen molar-refractivity contribution in [3.8, 4) is 0 Å². The van der Waals surface area contributed by atoms with Crippen LogP contribution < -0.4 is 0 Å². The molecule has 0 spiro atoms. The molecule has 0 fully saturated rings. The number of imidazole rings is 1. The Kier molecular flexibility index (Phi) is 6.04. The molecule has 1 atom stereocenters. The zero-order valence-corrected chi connectivity index (χ0v) is 10.4. The largest absolute Gasteiger partial charge is 0.373 e. The van der Waals surface area contributed by atoms with Gasteiger partial charge in [0.2, 0.25) is 0 Å². The third-order valence-corrected chi connectivity index (χ3v) is 2.37. The molecule has 0 amide bonds. The number of aromatic nitrogens is 2. The van der Waals surface area contributed by atoms with Crippen LogP contribution in [-0.4, -0.2) is 27.4 Å². The highest BCUT2D eigenvalue weighted by Crippen LogP contribution is 2.17. The molecule has 1 aromatic heterocycles. The van der Waals surface area contributed by atoms with Gasteiger partial charge in [0.05, 0.1) is 0 Å². The molecule has 0 saturated heterocycles. The number of methoxy groups -OCH3 is 1. The molecule has 7 nitrogen and oxygen atoms in total. The van der Waals surface area contributed by atoms with E-state index in [1.165, 1.54) is 5.56 Å². The normalized spacial score (nSPS) is 11.2. The van der Waals surface area contributed by atoms with Gasteiger partial charge in [0.15, 0.2) is 0 Å². The van der Waals surface area contributed by atoms with E-state index in [1.807, 2.05) is 24.4 Å². The molecule has 19 heavy (non-hydrogen) atoms. The summed E-state index contributed by atoms with van der Waals surface area (Å²) in [6, 6.07) is 10.3. The zero-order valence-electron chi connectivity index (χ0n) is 10.4. The first-order valence-corrected chi connectivity index (χ1v) is 5.52. The highest BCUT2D eigenvalue weighted by atomic mass is 16.9. The summed E-state index contributed by atoms with van der Waals surface area (Å²) in [4.78, 5) is 15.6. The smallest absolute Gasteiger partial charge is 0.291 e. The summed E-state index contributed by atoms with van der Waals surface area (Å²) in [6.07, 6.45) is 4.39. The summed E-state index contributed by atoms with van der Waals surface area (Å²) in [5, 5.41) is 13.6. The third kappa shape index (κ3) is 5.64. The van der Waals surface area contributed by atoms with Crippen molar-refractivity contribution >= 4 is 0 Å². The van der Waals surface area contributed by atoms with Crippen molar-refractivity contribution in [3.05, 3.63) is 64.2 Å². The second kappa shape index (κ2) is 7.83. The SMILES string of the molecule is COC(Cc1ccccc1)c1ncc[nH]1.O=[N+]([O-])O. The van der Waals surface area contributed by atoms with E-state index in [0.29, 0.717) is 0 Å². The Morgan fingerprint density at radius 2 is 2.11 bits per heavy atom. The summed E-state index contributed by atoms with van der Waals surface area (Å²) in [5.41, 5.74) is 1.25. The van der Waals surface area contributed by atoms with Gasteiger partial charge in [-0.2, -0.15) is 0 Å². The molecular formula is C12H15N3O4. The van der Waals surface area contributed by atoms with Crippen LogP contribution in [0.3, 0.4) is 0 Å². The number of hydrogen-bond donors (Lipinski definition) is 2. The monoisotopic (exact) mass is 265 g/mol. The van der Waals surface area contributed by atoms with Crippen LogP contribution >= 0.6 is 0 Å². The average molecular weight is 265 g/mol. The van der Waals surface area contributed by atoms with E-state index in [9.17, 15) is 0 Å². The van der Waals surface area contributed by atoms with Gasteiger partial charge in [-0.25, -0.2) is 4.98 Å². The first kappa shape index (κ1) is 14.7. The summed E-state index contributed by atoms with van der Waals surface area (Å²) in [6.45, 7) is 0. The fraction of sp³-hybridized carbons (Fsp3) is 0.250. The summed E-state index contributed by atoms with van der Waals surface area (Å²) in [7, 11) is 1.70. The van der Waals surface area contributed by atoms with Crippen LogP contribution in [0.15, 0.2) is 42.7 Å². The Bertz CT molecular complexity index is 469. The molecule has 2 rings (SSSR count). The van der Waals surface area contributed by atoms with Crippen molar-refractivity contribution in [3.63, 3.8) is 0 Å². The number of nitrogens with one attached hydrogen (secondary N) is 1. The van der Waals surface area contributed by atoms with Crippen LogP contribution in [0.4, 0.5) is 0 Å². The number of hydrogen-bond acceptors (Lipinski definition) is 4. The Balaban J connectivity index is 0.000000399. The predicted molar refractivity (Wildman–Crippen MR) is 67.3 cm³/mol. The van der Waals surface area contributed by atoms with Gasteiger partial charge in [-0.15, -0.1) is 10.1 Å². The van der Waals surface area contributed by atoms with Crippen molar-refractivity contribution < 1.29 is 15.0 Å². The molecule has 2 N–H and O–H groups in total. The second-order valence-corrected chi connectivity index (χ2v) is 3.63. The van der Waals surface area contributed by atoms with Gasteiger partial charge < -0.3 is 14.9 Å². The molecule has 1 aromatic carbocycles. The van der Waals surface area contributed by atoms with Crippen LogP contribution in [0.1, 0.15) is 17.5 Å². The van der Waals surface area contributed by atoms with Gasteiger partial charge in [0.25, 0.3) is 5.09 Å². The molecule has 7 heteroatoms. The fourth-order valence-electron chi connectivity index (χ4n) is 1.57.